The average Bonchev–Trinajstić information content (AvgIpc) is 2.75. The quantitative estimate of drug-likeness (QED) is 0.864. The first kappa shape index (κ1) is 16.4. The Bertz CT molecular complexity index is 774. The minimum Gasteiger partial charge on any atom is -0.296 e. The van der Waals surface area contributed by atoms with Gasteiger partial charge in [0.1, 0.15) is 0 Å². The van der Waals surface area contributed by atoms with Crippen molar-refractivity contribution in [3.8, 4) is 11.4 Å². The van der Waals surface area contributed by atoms with Gasteiger partial charge in [-0.1, -0.05) is 31.5 Å². The van der Waals surface area contributed by atoms with Gasteiger partial charge in [-0.2, -0.15) is 0 Å². The van der Waals surface area contributed by atoms with Gasteiger partial charge in [-0.3, -0.25) is 4.57 Å². The summed E-state index contributed by atoms with van der Waals surface area (Å²) in [6.07, 6.45) is 0. The monoisotopic (exact) mass is 392 g/mol. The summed E-state index contributed by atoms with van der Waals surface area (Å²) in [4.78, 5) is 0. The van der Waals surface area contributed by atoms with Crippen LogP contribution in [0.2, 0.25) is 5.02 Å². The van der Waals surface area contributed by atoms with Gasteiger partial charge in [0.05, 0.1) is 5.02 Å². The second kappa shape index (κ2) is 6.04. The summed E-state index contributed by atoms with van der Waals surface area (Å²) in [5.74, 6) is 0.560. The Morgan fingerprint density at radius 2 is 2.05 bits per heavy atom. The highest BCUT2D eigenvalue weighted by Crippen LogP contribution is 2.33. The van der Waals surface area contributed by atoms with Crippen LogP contribution in [-0.4, -0.2) is 23.2 Å². The molecule has 0 radical (unpaired) electrons. The Morgan fingerprint density at radius 3 is 2.62 bits per heavy atom. The highest BCUT2D eigenvalue weighted by Gasteiger charge is 2.24. The van der Waals surface area contributed by atoms with Crippen molar-refractivity contribution >= 4 is 37.6 Å². The summed E-state index contributed by atoms with van der Waals surface area (Å²) in [5, 5.41) is 13.0. The van der Waals surface area contributed by atoms with Crippen LogP contribution in [0, 0.1) is 5.92 Å². The lowest BCUT2D eigenvalue weighted by atomic mass is 10.2. The van der Waals surface area contributed by atoms with E-state index in [0.29, 0.717) is 27.4 Å². The van der Waals surface area contributed by atoms with Crippen molar-refractivity contribution in [1.29, 1.82) is 0 Å². The van der Waals surface area contributed by atoms with Gasteiger partial charge in [0.25, 0.3) is 15.2 Å². The van der Waals surface area contributed by atoms with E-state index in [1.165, 1.54) is 4.57 Å². The summed E-state index contributed by atoms with van der Waals surface area (Å²) < 4.78 is 25.5. The Morgan fingerprint density at radius 1 is 1.38 bits per heavy atom. The molecule has 0 aliphatic carbocycles. The third-order valence-electron chi connectivity index (χ3n) is 2.71. The molecular formula is C12H14BrClN4O2S. The third kappa shape index (κ3) is 3.45. The van der Waals surface area contributed by atoms with E-state index in [4.69, 9.17) is 16.7 Å². The topological polar surface area (TPSA) is 90.9 Å². The van der Waals surface area contributed by atoms with Crippen LogP contribution >= 0.6 is 27.5 Å². The summed E-state index contributed by atoms with van der Waals surface area (Å²) in [6.45, 7) is 4.33. The lowest BCUT2D eigenvalue weighted by Gasteiger charge is -2.12. The molecule has 0 fully saturated rings. The molecule has 2 rings (SSSR count). The Hall–Kier alpha value is -0.960. The number of primary sulfonamides is 1. The number of aromatic nitrogens is 3. The number of hydrogen-bond donors (Lipinski definition) is 1. The molecule has 0 amide bonds. The normalized spacial score (nSPS) is 12.1. The molecular weight excluding hydrogens is 380 g/mol. The minimum atomic E-state index is -3.95. The number of nitrogens with two attached hydrogens (primary N) is 1. The second-order valence-electron chi connectivity index (χ2n) is 4.96. The first-order valence-corrected chi connectivity index (χ1v) is 8.84. The summed E-state index contributed by atoms with van der Waals surface area (Å²) >= 11 is 9.58. The first-order valence-electron chi connectivity index (χ1n) is 6.12. The van der Waals surface area contributed by atoms with E-state index >= 15 is 0 Å². The molecule has 114 valence electrons. The van der Waals surface area contributed by atoms with Gasteiger partial charge in [-0.25, -0.2) is 13.6 Å². The lowest BCUT2D eigenvalue weighted by molar-refractivity contribution is 0.486. The second-order valence-corrected chi connectivity index (χ2v) is 7.64. The molecule has 0 aliphatic rings. The van der Waals surface area contributed by atoms with Gasteiger partial charge >= 0.3 is 0 Å². The third-order valence-corrected chi connectivity index (χ3v) is 4.82. The van der Waals surface area contributed by atoms with Gasteiger partial charge < -0.3 is 0 Å². The number of rotatable bonds is 4. The van der Waals surface area contributed by atoms with Crippen molar-refractivity contribution in [2.75, 3.05) is 0 Å². The van der Waals surface area contributed by atoms with Crippen LogP contribution in [0.4, 0.5) is 0 Å². The van der Waals surface area contributed by atoms with Crippen molar-refractivity contribution in [3.05, 3.63) is 27.7 Å². The van der Waals surface area contributed by atoms with E-state index in [1.807, 2.05) is 13.8 Å². The molecule has 2 N–H and O–H groups in total. The summed E-state index contributed by atoms with van der Waals surface area (Å²) in [5.41, 5.74) is 0.592. The largest absolute Gasteiger partial charge is 0.296 e. The Labute approximate surface area is 136 Å². The van der Waals surface area contributed by atoms with Gasteiger partial charge in [-0.15, -0.1) is 10.2 Å². The van der Waals surface area contributed by atoms with E-state index in [9.17, 15) is 8.42 Å². The highest BCUT2D eigenvalue weighted by atomic mass is 79.9. The van der Waals surface area contributed by atoms with E-state index in [-0.39, 0.29) is 11.1 Å². The zero-order valence-corrected chi connectivity index (χ0v) is 14.6. The zero-order chi connectivity index (χ0) is 15.8. The predicted molar refractivity (Wildman–Crippen MR) is 84.4 cm³/mol. The number of sulfonamides is 1. The lowest BCUT2D eigenvalue weighted by Crippen LogP contribution is -2.20. The molecule has 2 aromatic rings. The molecule has 1 aromatic heterocycles. The fraction of sp³-hybridized carbons (Fsp3) is 0.333. The molecule has 0 saturated carbocycles. The highest BCUT2D eigenvalue weighted by molar-refractivity contribution is 9.10. The number of hydrogen-bond acceptors (Lipinski definition) is 4. The van der Waals surface area contributed by atoms with E-state index < -0.39 is 10.0 Å². The fourth-order valence-corrected chi connectivity index (χ4v) is 3.10. The molecule has 6 nitrogen and oxygen atoms in total. The number of benzene rings is 1. The van der Waals surface area contributed by atoms with Crippen LogP contribution in [0.5, 0.6) is 0 Å². The van der Waals surface area contributed by atoms with Crippen LogP contribution in [0.3, 0.4) is 0 Å². The Balaban J connectivity index is 2.70. The van der Waals surface area contributed by atoms with E-state index in [1.54, 1.807) is 18.2 Å². The molecule has 0 saturated heterocycles. The molecule has 9 heteroatoms. The zero-order valence-electron chi connectivity index (χ0n) is 11.4. The molecule has 0 atom stereocenters. The van der Waals surface area contributed by atoms with Crippen molar-refractivity contribution in [2.45, 2.75) is 25.5 Å². The molecule has 1 heterocycles. The smallest absolute Gasteiger partial charge is 0.273 e. The minimum absolute atomic E-state index is 0.186. The summed E-state index contributed by atoms with van der Waals surface area (Å²) in [6, 6.07) is 5.33. The number of halogens is 2. The van der Waals surface area contributed by atoms with Crippen molar-refractivity contribution in [2.24, 2.45) is 11.1 Å². The SMILES string of the molecule is CC(C)Cn1c(-c2cccc(Br)c2Cl)nnc1S(N)(=O)=O. The molecule has 21 heavy (non-hydrogen) atoms. The van der Waals surface area contributed by atoms with E-state index in [0.717, 1.165) is 0 Å². The molecule has 0 bridgehead atoms. The van der Waals surface area contributed by atoms with Gasteiger partial charge in [0.2, 0.25) is 0 Å². The van der Waals surface area contributed by atoms with Crippen LogP contribution in [0.15, 0.2) is 27.8 Å². The maximum absolute atomic E-state index is 11.6. The van der Waals surface area contributed by atoms with Crippen LogP contribution in [0.1, 0.15) is 13.8 Å². The first-order chi connectivity index (χ1) is 9.71. The fourth-order valence-electron chi connectivity index (χ4n) is 1.90. The standard InChI is InChI=1S/C12H14BrClN4O2S/c1-7(2)6-18-11(16-17-12(18)21(15,19)20)8-4-3-5-9(13)10(8)14/h3-5,7H,6H2,1-2H3,(H2,15,19,20). The Kier molecular flexibility index (Phi) is 4.72. The van der Waals surface area contributed by atoms with Gasteiger partial charge in [0, 0.05) is 16.6 Å². The summed E-state index contributed by atoms with van der Waals surface area (Å²) in [7, 11) is -3.95. The van der Waals surface area contributed by atoms with Crippen LogP contribution in [0.25, 0.3) is 11.4 Å². The average molecular weight is 394 g/mol. The van der Waals surface area contributed by atoms with Gasteiger partial charge in [-0.05, 0) is 34.0 Å². The van der Waals surface area contributed by atoms with Crippen molar-refractivity contribution in [3.63, 3.8) is 0 Å². The molecule has 1 aromatic carbocycles. The maximum Gasteiger partial charge on any atom is 0.273 e. The van der Waals surface area contributed by atoms with Crippen LogP contribution < -0.4 is 5.14 Å². The van der Waals surface area contributed by atoms with Crippen molar-refractivity contribution < 1.29 is 8.42 Å². The van der Waals surface area contributed by atoms with Crippen LogP contribution in [-0.2, 0) is 16.6 Å². The maximum atomic E-state index is 11.6. The van der Waals surface area contributed by atoms with Gasteiger partial charge in [0.15, 0.2) is 5.82 Å². The molecule has 0 aliphatic heterocycles. The molecule has 0 spiro atoms. The van der Waals surface area contributed by atoms with E-state index in [2.05, 4.69) is 26.1 Å². The molecule has 0 unspecified atom stereocenters. The number of nitrogens with zero attached hydrogens (tertiary/aromatic N) is 3. The predicted octanol–water partition coefficient (Wildman–Crippen LogP) is 2.66. The van der Waals surface area contributed by atoms with Crippen molar-refractivity contribution in [1.82, 2.24) is 14.8 Å².